The minimum atomic E-state index is 0.739. The van der Waals surface area contributed by atoms with Crippen LogP contribution in [0, 0.1) is 5.92 Å². The minimum absolute atomic E-state index is 0.739. The highest BCUT2D eigenvalue weighted by Crippen LogP contribution is 2.26. The Morgan fingerprint density at radius 1 is 1.17 bits per heavy atom. The Labute approximate surface area is 117 Å². The van der Waals surface area contributed by atoms with Crippen LogP contribution >= 0.6 is 11.8 Å². The van der Waals surface area contributed by atoms with E-state index in [4.69, 9.17) is 5.73 Å². The van der Waals surface area contributed by atoms with Crippen LogP contribution in [0.15, 0.2) is 29.2 Å². The summed E-state index contributed by atoms with van der Waals surface area (Å²) >= 11 is 2.01. The molecule has 2 N–H and O–H groups in total. The molecule has 0 atom stereocenters. The molecule has 0 unspecified atom stereocenters. The fourth-order valence-corrected chi connectivity index (χ4v) is 3.47. The lowest BCUT2D eigenvalue weighted by atomic mass is 10.0. The molecule has 0 bridgehead atoms. The highest BCUT2D eigenvalue weighted by molar-refractivity contribution is 7.99. The maximum atomic E-state index is 5.61. The Balaban J connectivity index is 2.47. The van der Waals surface area contributed by atoms with Gasteiger partial charge in [-0.05, 0) is 49.4 Å². The maximum absolute atomic E-state index is 5.61. The van der Waals surface area contributed by atoms with Crippen LogP contribution in [-0.2, 0) is 6.42 Å². The van der Waals surface area contributed by atoms with Crippen molar-refractivity contribution in [2.75, 3.05) is 12.3 Å². The minimum Gasteiger partial charge on any atom is -0.330 e. The van der Waals surface area contributed by atoms with Gasteiger partial charge < -0.3 is 5.73 Å². The van der Waals surface area contributed by atoms with Gasteiger partial charge in [0.15, 0.2) is 0 Å². The first-order valence-corrected chi connectivity index (χ1v) is 8.20. The molecule has 2 heteroatoms. The van der Waals surface area contributed by atoms with Gasteiger partial charge in [-0.3, -0.25) is 0 Å². The number of thioether (sulfide) groups is 1. The van der Waals surface area contributed by atoms with Crippen molar-refractivity contribution in [3.8, 4) is 0 Å². The van der Waals surface area contributed by atoms with Crippen LogP contribution in [0.3, 0.4) is 0 Å². The van der Waals surface area contributed by atoms with E-state index in [1.807, 2.05) is 11.8 Å². The largest absolute Gasteiger partial charge is 0.330 e. The highest BCUT2D eigenvalue weighted by atomic mass is 32.2. The molecule has 0 saturated heterocycles. The van der Waals surface area contributed by atoms with Gasteiger partial charge in [-0.1, -0.05) is 38.8 Å². The molecule has 1 rings (SSSR count). The zero-order chi connectivity index (χ0) is 13.2. The Kier molecular flexibility index (Phi) is 8.19. The molecule has 0 aliphatic carbocycles. The summed E-state index contributed by atoms with van der Waals surface area (Å²) in [7, 11) is 0. The molecule has 0 amide bonds. The average Bonchev–Trinajstić information content (AvgIpc) is 2.37. The molecule has 0 radical (unpaired) electrons. The van der Waals surface area contributed by atoms with Crippen LogP contribution in [0.1, 0.15) is 45.1 Å². The van der Waals surface area contributed by atoms with Gasteiger partial charge in [-0.25, -0.2) is 0 Å². The summed E-state index contributed by atoms with van der Waals surface area (Å²) in [6, 6.07) is 8.85. The number of rotatable bonds is 9. The van der Waals surface area contributed by atoms with E-state index in [2.05, 4.69) is 38.1 Å². The van der Waals surface area contributed by atoms with E-state index >= 15 is 0 Å². The lowest BCUT2D eigenvalue weighted by Gasteiger charge is -2.14. The quantitative estimate of drug-likeness (QED) is 0.665. The van der Waals surface area contributed by atoms with Gasteiger partial charge in [-0.15, -0.1) is 11.8 Å². The van der Waals surface area contributed by atoms with Crippen molar-refractivity contribution in [2.45, 2.75) is 50.8 Å². The zero-order valence-electron chi connectivity index (χ0n) is 11.8. The summed E-state index contributed by atoms with van der Waals surface area (Å²) in [6.07, 6.45) is 6.32. The van der Waals surface area contributed by atoms with Crippen LogP contribution < -0.4 is 5.73 Å². The SMILES string of the molecule is CCCC(CCC)CSc1cccc(CCN)c1. The van der Waals surface area contributed by atoms with Crippen LogP contribution in [0.2, 0.25) is 0 Å². The molecule has 0 aliphatic heterocycles. The summed E-state index contributed by atoms with van der Waals surface area (Å²) in [5.41, 5.74) is 6.97. The van der Waals surface area contributed by atoms with E-state index in [9.17, 15) is 0 Å². The summed E-state index contributed by atoms with van der Waals surface area (Å²) in [4.78, 5) is 1.40. The van der Waals surface area contributed by atoms with Crippen molar-refractivity contribution in [3.05, 3.63) is 29.8 Å². The smallest absolute Gasteiger partial charge is 0.00747 e. The molecule has 1 aromatic rings. The van der Waals surface area contributed by atoms with Gasteiger partial charge in [-0.2, -0.15) is 0 Å². The van der Waals surface area contributed by atoms with Crippen LogP contribution in [0.5, 0.6) is 0 Å². The van der Waals surface area contributed by atoms with E-state index in [0.29, 0.717) is 0 Å². The van der Waals surface area contributed by atoms with Crippen molar-refractivity contribution in [3.63, 3.8) is 0 Å². The Hall–Kier alpha value is -0.470. The predicted octanol–water partition coefficient (Wildman–Crippen LogP) is 4.50. The summed E-state index contributed by atoms with van der Waals surface area (Å²) in [6.45, 7) is 5.31. The summed E-state index contributed by atoms with van der Waals surface area (Å²) in [5, 5.41) is 0. The predicted molar refractivity (Wildman–Crippen MR) is 83.2 cm³/mol. The zero-order valence-corrected chi connectivity index (χ0v) is 12.6. The second-order valence-electron chi connectivity index (χ2n) is 4.94. The van der Waals surface area contributed by atoms with Crippen molar-refractivity contribution < 1.29 is 0 Å². The van der Waals surface area contributed by atoms with Crippen LogP contribution in [-0.4, -0.2) is 12.3 Å². The Morgan fingerprint density at radius 3 is 2.50 bits per heavy atom. The fourth-order valence-electron chi connectivity index (χ4n) is 2.30. The lowest BCUT2D eigenvalue weighted by molar-refractivity contribution is 0.488. The van der Waals surface area contributed by atoms with Crippen molar-refractivity contribution in [1.29, 1.82) is 0 Å². The van der Waals surface area contributed by atoms with Gasteiger partial charge in [0.25, 0.3) is 0 Å². The fraction of sp³-hybridized carbons (Fsp3) is 0.625. The first-order chi connectivity index (χ1) is 8.80. The number of benzene rings is 1. The van der Waals surface area contributed by atoms with Crippen LogP contribution in [0.25, 0.3) is 0 Å². The van der Waals surface area contributed by atoms with E-state index in [1.54, 1.807) is 0 Å². The summed E-state index contributed by atoms with van der Waals surface area (Å²) < 4.78 is 0. The van der Waals surface area contributed by atoms with E-state index in [1.165, 1.54) is 41.9 Å². The lowest BCUT2D eigenvalue weighted by Crippen LogP contribution is -2.04. The first-order valence-electron chi connectivity index (χ1n) is 7.21. The highest BCUT2D eigenvalue weighted by Gasteiger charge is 2.07. The molecular weight excluding hydrogens is 238 g/mol. The van der Waals surface area contributed by atoms with Crippen molar-refractivity contribution in [2.24, 2.45) is 11.7 Å². The second-order valence-corrected chi connectivity index (χ2v) is 6.03. The van der Waals surface area contributed by atoms with Gasteiger partial charge in [0.1, 0.15) is 0 Å². The molecule has 0 aliphatic rings. The van der Waals surface area contributed by atoms with E-state index in [0.717, 1.165) is 18.9 Å². The summed E-state index contributed by atoms with van der Waals surface area (Å²) in [5.74, 6) is 2.14. The first kappa shape index (κ1) is 15.6. The van der Waals surface area contributed by atoms with E-state index in [-0.39, 0.29) is 0 Å². The molecule has 0 saturated carbocycles. The average molecular weight is 265 g/mol. The molecule has 1 nitrogen and oxygen atoms in total. The monoisotopic (exact) mass is 265 g/mol. The van der Waals surface area contributed by atoms with Crippen molar-refractivity contribution in [1.82, 2.24) is 0 Å². The molecule has 0 heterocycles. The normalized spacial score (nSPS) is 11.1. The third-order valence-corrected chi connectivity index (χ3v) is 4.44. The van der Waals surface area contributed by atoms with Crippen LogP contribution in [0.4, 0.5) is 0 Å². The van der Waals surface area contributed by atoms with Gasteiger partial charge in [0.2, 0.25) is 0 Å². The second kappa shape index (κ2) is 9.46. The molecule has 0 aromatic heterocycles. The van der Waals surface area contributed by atoms with Gasteiger partial charge in [0, 0.05) is 10.6 Å². The standard InChI is InChI=1S/C16H27NS/c1-3-6-15(7-4-2)13-18-16-9-5-8-14(12-16)10-11-17/h5,8-9,12,15H,3-4,6-7,10-11,13,17H2,1-2H3. The molecular formula is C16H27NS. The maximum Gasteiger partial charge on any atom is 0.00747 e. The van der Waals surface area contributed by atoms with Gasteiger partial charge in [0.05, 0.1) is 0 Å². The molecule has 102 valence electrons. The third-order valence-electron chi connectivity index (χ3n) is 3.21. The number of hydrogen-bond donors (Lipinski definition) is 1. The third kappa shape index (κ3) is 5.92. The van der Waals surface area contributed by atoms with Crippen molar-refractivity contribution >= 4 is 11.8 Å². The number of nitrogens with two attached hydrogens (primary N) is 1. The molecule has 0 fully saturated rings. The molecule has 18 heavy (non-hydrogen) atoms. The van der Waals surface area contributed by atoms with Gasteiger partial charge >= 0.3 is 0 Å². The van der Waals surface area contributed by atoms with E-state index < -0.39 is 0 Å². The Bertz CT molecular complexity index is 319. The number of hydrogen-bond acceptors (Lipinski definition) is 2. The molecule has 1 aromatic carbocycles. The topological polar surface area (TPSA) is 26.0 Å². The molecule has 0 spiro atoms. The Morgan fingerprint density at radius 2 is 1.89 bits per heavy atom.